The van der Waals surface area contributed by atoms with Crippen LogP contribution >= 0.6 is 0 Å². The molecule has 3 aromatic carbocycles. The van der Waals surface area contributed by atoms with Crippen molar-refractivity contribution in [1.29, 1.82) is 0 Å². The van der Waals surface area contributed by atoms with Crippen LogP contribution < -0.4 is 0 Å². The predicted octanol–water partition coefficient (Wildman–Crippen LogP) is 11.4. The lowest BCUT2D eigenvalue weighted by Crippen LogP contribution is -2.77. The van der Waals surface area contributed by atoms with Gasteiger partial charge in [0.15, 0.2) is 0 Å². The van der Waals surface area contributed by atoms with Crippen LogP contribution in [0.15, 0.2) is 72.8 Å². The van der Waals surface area contributed by atoms with Crippen LogP contribution in [0.2, 0.25) is 38.3 Å². The Morgan fingerprint density at radius 3 is 2.26 bits per heavy atom. The summed E-state index contributed by atoms with van der Waals surface area (Å²) in [6, 6.07) is 29.0. The first-order valence-electron chi connectivity index (χ1n) is 17.9. The van der Waals surface area contributed by atoms with Crippen molar-refractivity contribution in [3.8, 4) is 11.3 Å². The van der Waals surface area contributed by atoms with Crippen molar-refractivity contribution in [1.82, 2.24) is 4.57 Å². The summed E-state index contributed by atoms with van der Waals surface area (Å²) in [5.74, 6) is 0. The first-order chi connectivity index (χ1) is 21.7. The first-order valence-corrected chi connectivity index (χ1v) is 24.3. The van der Waals surface area contributed by atoms with Crippen LogP contribution in [0.3, 0.4) is 0 Å². The maximum absolute atomic E-state index is 6.08. The van der Waals surface area contributed by atoms with Gasteiger partial charge >= 0.3 is 0 Å². The van der Waals surface area contributed by atoms with Gasteiger partial charge in [-0.2, -0.15) is 0 Å². The SMILES string of the molecule is Cc1ccc2c(c1)c1c(n2C)-c2ccccc2C12CC1(C=C(C[Si](C)(C)C)c3ccccc31)[Si]2(C)CCCCCCOC(C)(C)C. The van der Waals surface area contributed by atoms with Gasteiger partial charge in [0, 0.05) is 48.3 Å². The van der Waals surface area contributed by atoms with Crippen molar-refractivity contribution in [3.63, 3.8) is 0 Å². The molecule has 0 saturated carbocycles. The number of aryl methyl sites for hydroxylation is 2. The Hall–Kier alpha value is -2.67. The maximum Gasteiger partial charge on any atom is 0.0831 e. The van der Waals surface area contributed by atoms with Gasteiger partial charge in [-0.25, -0.2) is 0 Å². The molecule has 7 rings (SSSR count). The Bertz CT molecular complexity index is 1850. The highest BCUT2D eigenvalue weighted by Crippen LogP contribution is 2.74. The zero-order chi connectivity index (χ0) is 32.7. The lowest BCUT2D eigenvalue weighted by Gasteiger charge is -2.68. The molecular formula is C42H55NOSi2. The van der Waals surface area contributed by atoms with E-state index < -0.39 is 16.1 Å². The number of hydrogen-bond donors (Lipinski definition) is 0. The zero-order valence-electron chi connectivity index (χ0n) is 29.9. The lowest BCUT2D eigenvalue weighted by molar-refractivity contribution is -0.00471. The Kier molecular flexibility index (Phi) is 7.58. The zero-order valence-corrected chi connectivity index (χ0v) is 31.9. The van der Waals surface area contributed by atoms with Crippen LogP contribution in [0, 0.1) is 6.92 Å². The summed E-state index contributed by atoms with van der Waals surface area (Å²) in [6.07, 6.45) is 9.10. The number of ether oxygens (including phenoxy) is 1. The van der Waals surface area contributed by atoms with E-state index >= 15 is 0 Å². The number of unbranched alkanes of at least 4 members (excludes halogenated alkanes) is 3. The summed E-state index contributed by atoms with van der Waals surface area (Å²) in [7, 11) is -1.12. The van der Waals surface area contributed by atoms with E-state index in [-0.39, 0.29) is 15.7 Å². The standard InChI is InChI=1S/C42H55NOSi2/c1-30-22-23-37-34(26-30)38-39(43(37)5)33-19-13-15-21-36(33)42(38)29-41(46(42,9)25-17-11-10-16-24-44-40(2,3)4)27-31(28-45(6,7)8)32-18-12-14-20-35(32)41/h12-15,18-23,26-27H,10-11,16-17,24-25,28-29H2,1-9H3. The smallest absolute Gasteiger partial charge is 0.0831 e. The van der Waals surface area contributed by atoms with E-state index in [1.807, 2.05) is 0 Å². The Balaban J connectivity index is 1.38. The summed E-state index contributed by atoms with van der Waals surface area (Å²) in [6.45, 7) is 20.1. The molecule has 1 aromatic heterocycles. The van der Waals surface area contributed by atoms with Crippen LogP contribution in [0.5, 0.6) is 0 Å². The summed E-state index contributed by atoms with van der Waals surface area (Å²) in [5.41, 5.74) is 13.9. The second kappa shape index (κ2) is 10.9. The minimum Gasteiger partial charge on any atom is -0.376 e. The lowest BCUT2D eigenvalue weighted by atomic mass is 9.79. The number of hydrogen-bond acceptors (Lipinski definition) is 1. The van der Waals surface area contributed by atoms with E-state index in [0.29, 0.717) is 0 Å². The number of fused-ring (bicyclic) bond motifs is 9. The molecule has 2 nitrogen and oxygen atoms in total. The summed E-state index contributed by atoms with van der Waals surface area (Å²) in [4.78, 5) is 0. The minimum atomic E-state index is -2.13. The van der Waals surface area contributed by atoms with E-state index in [9.17, 15) is 0 Å². The van der Waals surface area contributed by atoms with Gasteiger partial charge in [0.25, 0.3) is 0 Å². The van der Waals surface area contributed by atoms with E-state index in [1.54, 1.807) is 27.8 Å². The molecule has 0 amide bonds. The molecule has 2 heterocycles. The Labute approximate surface area is 280 Å². The highest BCUT2D eigenvalue weighted by Gasteiger charge is 2.76. The van der Waals surface area contributed by atoms with E-state index in [1.165, 1.54) is 65.5 Å². The molecule has 0 bridgehead atoms. The van der Waals surface area contributed by atoms with Gasteiger partial charge in [-0.1, -0.05) is 118 Å². The highest BCUT2D eigenvalue weighted by molar-refractivity contribution is 6.89. The molecule has 4 aromatic rings. The topological polar surface area (TPSA) is 14.2 Å². The van der Waals surface area contributed by atoms with E-state index in [2.05, 4.69) is 138 Å². The number of aromatic nitrogens is 1. The molecule has 1 aliphatic heterocycles. The van der Waals surface area contributed by atoms with Gasteiger partial charge in [-0.05, 0) is 86.5 Å². The maximum atomic E-state index is 6.08. The van der Waals surface area contributed by atoms with Gasteiger partial charge in [-0.3, -0.25) is 0 Å². The van der Waals surface area contributed by atoms with Crippen LogP contribution in [0.1, 0.15) is 80.7 Å². The fourth-order valence-electron chi connectivity index (χ4n) is 10.0. The summed E-state index contributed by atoms with van der Waals surface area (Å²) >= 11 is 0. The molecule has 3 aliphatic rings. The van der Waals surface area contributed by atoms with Gasteiger partial charge in [0.1, 0.15) is 0 Å². The fourth-order valence-corrected chi connectivity index (χ4v) is 18.0. The quantitative estimate of drug-likeness (QED) is 0.130. The molecule has 2 aliphatic carbocycles. The molecule has 1 fully saturated rings. The molecule has 4 heteroatoms. The van der Waals surface area contributed by atoms with Crippen molar-refractivity contribution in [2.24, 2.45) is 7.05 Å². The third kappa shape index (κ3) is 4.64. The minimum absolute atomic E-state index is 0.0503. The molecule has 0 N–H and O–H groups in total. The number of nitrogens with zero attached hydrogens (tertiary/aromatic N) is 1. The average Bonchev–Trinajstić information content (AvgIpc) is 3.58. The van der Waals surface area contributed by atoms with Crippen LogP contribution in [0.25, 0.3) is 27.7 Å². The molecular weight excluding hydrogens is 591 g/mol. The van der Waals surface area contributed by atoms with Gasteiger partial charge in [0.05, 0.1) is 19.4 Å². The molecule has 242 valence electrons. The average molecular weight is 646 g/mol. The molecule has 3 atom stereocenters. The van der Waals surface area contributed by atoms with E-state index in [0.717, 1.165) is 13.0 Å². The highest BCUT2D eigenvalue weighted by atomic mass is 28.3. The second-order valence-electron chi connectivity index (χ2n) is 17.3. The van der Waals surface area contributed by atoms with Gasteiger partial charge in [-0.15, -0.1) is 0 Å². The Morgan fingerprint density at radius 2 is 1.54 bits per heavy atom. The summed E-state index contributed by atoms with van der Waals surface area (Å²) < 4.78 is 8.61. The molecule has 0 radical (unpaired) electrons. The first kappa shape index (κ1) is 31.9. The van der Waals surface area contributed by atoms with Crippen molar-refractivity contribution in [2.45, 2.75) is 114 Å². The molecule has 2 spiro atoms. The van der Waals surface area contributed by atoms with Crippen LogP contribution in [-0.4, -0.2) is 32.9 Å². The number of rotatable bonds is 9. The van der Waals surface area contributed by atoms with Crippen molar-refractivity contribution >= 4 is 32.6 Å². The van der Waals surface area contributed by atoms with Crippen molar-refractivity contribution < 1.29 is 4.74 Å². The monoisotopic (exact) mass is 645 g/mol. The largest absolute Gasteiger partial charge is 0.376 e. The predicted molar refractivity (Wildman–Crippen MR) is 203 cm³/mol. The molecule has 46 heavy (non-hydrogen) atoms. The normalized spacial score (nSPS) is 24.8. The van der Waals surface area contributed by atoms with Crippen LogP contribution in [0.4, 0.5) is 0 Å². The number of allylic oxidation sites excluding steroid dienone is 2. The van der Waals surface area contributed by atoms with Crippen molar-refractivity contribution in [2.75, 3.05) is 6.61 Å². The third-order valence-electron chi connectivity index (χ3n) is 11.9. The van der Waals surface area contributed by atoms with Crippen molar-refractivity contribution in [3.05, 3.63) is 101 Å². The molecule has 1 saturated heterocycles. The number of benzene rings is 3. The molecule has 3 unspecified atom stereocenters. The van der Waals surface area contributed by atoms with E-state index in [4.69, 9.17) is 4.74 Å². The third-order valence-corrected chi connectivity index (χ3v) is 19.8. The van der Waals surface area contributed by atoms with Gasteiger partial charge in [0.2, 0.25) is 0 Å². The Morgan fingerprint density at radius 1 is 0.870 bits per heavy atom. The summed E-state index contributed by atoms with van der Waals surface area (Å²) in [5, 5.41) is 1.79. The fraction of sp³-hybridized carbons (Fsp3) is 0.476. The second-order valence-corrected chi connectivity index (χ2v) is 27.7. The van der Waals surface area contributed by atoms with Crippen LogP contribution in [-0.2, 0) is 21.9 Å². The van der Waals surface area contributed by atoms with Gasteiger partial charge < -0.3 is 9.30 Å².